The van der Waals surface area contributed by atoms with E-state index < -0.39 is 6.04 Å². The van der Waals surface area contributed by atoms with Crippen LogP contribution in [0.1, 0.15) is 18.9 Å². The first-order chi connectivity index (χ1) is 10.0. The van der Waals surface area contributed by atoms with Gasteiger partial charge in [-0.1, -0.05) is 12.1 Å². The van der Waals surface area contributed by atoms with Crippen molar-refractivity contribution in [3.8, 4) is 0 Å². The van der Waals surface area contributed by atoms with Gasteiger partial charge in [-0.2, -0.15) is 11.8 Å². The van der Waals surface area contributed by atoms with Crippen LogP contribution in [0.15, 0.2) is 24.3 Å². The van der Waals surface area contributed by atoms with Gasteiger partial charge in [-0.3, -0.25) is 9.59 Å². The average molecular weight is 310 g/mol. The molecule has 6 heteroatoms. The van der Waals surface area contributed by atoms with E-state index in [1.54, 1.807) is 6.92 Å². The van der Waals surface area contributed by atoms with Crippen LogP contribution in [0.2, 0.25) is 0 Å². The zero-order chi connectivity index (χ0) is 15.7. The monoisotopic (exact) mass is 310 g/mol. The summed E-state index contributed by atoms with van der Waals surface area (Å²) >= 11 is 1.45. The molecule has 0 aromatic heterocycles. The minimum absolute atomic E-state index is 0.0599. The largest absolute Gasteiger partial charge is 0.465 e. The van der Waals surface area contributed by atoms with Crippen LogP contribution in [-0.2, 0) is 14.3 Å². The molecule has 1 unspecified atom stereocenters. The number of ether oxygens (including phenoxy) is 1. The molecule has 1 atom stereocenters. The zero-order valence-corrected chi connectivity index (χ0v) is 13.2. The highest BCUT2D eigenvalue weighted by Gasteiger charge is 2.14. The van der Waals surface area contributed by atoms with Gasteiger partial charge >= 0.3 is 5.97 Å². The van der Waals surface area contributed by atoms with Gasteiger partial charge in [0.05, 0.1) is 12.4 Å². The van der Waals surface area contributed by atoms with Gasteiger partial charge in [0.2, 0.25) is 5.91 Å². The highest BCUT2D eigenvalue weighted by Crippen LogP contribution is 2.11. The van der Waals surface area contributed by atoms with Gasteiger partial charge in [0.15, 0.2) is 0 Å². The Balaban J connectivity index is 2.20. The predicted molar refractivity (Wildman–Crippen MR) is 86.4 cm³/mol. The quantitative estimate of drug-likeness (QED) is 0.566. The molecule has 0 spiro atoms. The number of anilines is 1. The van der Waals surface area contributed by atoms with E-state index in [1.807, 2.05) is 31.2 Å². The van der Waals surface area contributed by atoms with Crippen LogP contribution in [0.3, 0.4) is 0 Å². The second kappa shape index (κ2) is 9.41. The molecule has 3 N–H and O–H groups in total. The first-order valence-corrected chi connectivity index (χ1v) is 8.05. The van der Waals surface area contributed by atoms with Crippen molar-refractivity contribution in [1.29, 1.82) is 0 Å². The Labute approximate surface area is 129 Å². The van der Waals surface area contributed by atoms with Gasteiger partial charge in [-0.25, -0.2) is 0 Å². The van der Waals surface area contributed by atoms with Crippen LogP contribution in [0.4, 0.5) is 5.69 Å². The minimum Gasteiger partial charge on any atom is -0.465 e. The number of esters is 1. The van der Waals surface area contributed by atoms with Crippen molar-refractivity contribution in [2.24, 2.45) is 5.73 Å². The van der Waals surface area contributed by atoms with Gasteiger partial charge in [-0.15, -0.1) is 0 Å². The van der Waals surface area contributed by atoms with Crippen molar-refractivity contribution < 1.29 is 14.3 Å². The fraction of sp³-hybridized carbons (Fsp3) is 0.467. The third-order valence-electron chi connectivity index (χ3n) is 2.70. The summed E-state index contributed by atoms with van der Waals surface area (Å²) in [6.45, 7) is 4.05. The summed E-state index contributed by atoms with van der Waals surface area (Å²) in [4.78, 5) is 23.1. The fourth-order valence-electron chi connectivity index (χ4n) is 1.66. The molecule has 0 radical (unpaired) electrons. The zero-order valence-electron chi connectivity index (χ0n) is 12.4. The first kappa shape index (κ1) is 17.5. The molecule has 0 saturated heterocycles. The van der Waals surface area contributed by atoms with E-state index in [1.165, 1.54) is 11.8 Å². The normalized spacial score (nSPS) is 11.8. The van der Waals surface area contributed by atoms with Crippen molar-refractivity contribution >= 4 is 29.3 Å². The number of benzene rings is 1. The number of thioether (sulfide) groups is 1. The molecule has 0 saturated carbocycles. The summed E-state index contributed by atoms with van der Waals surface area (Å²) in [5, 5.41) is 2.83. The molecule has 0 heterocycles. The lowest BCUT2D eigenvalue weighted by atomic mass is 10.2. The van der Waals surface area contributed by atoms with Crippen molar-refractivity contribution in [1.82, 2.24) is 0 Å². The van der Waals surface area contributed by atoms with Crippen molar-refractivity contribution in [2.75, 3.05) is 23.4 Å². The van der Waals surface area contributed by atoms with Crippen LogP contribution >= 0.6 is 11.8 Å². The number of rotatable bonds is 8. The number of amides is 1. The van der Waals surface area contributed by atoms with Gasteiger partial charge in [0.1, 0.15) is 6.04 Å². The van der Waals surface area contributed by atoms with E-state index in [4.69, 9.17) is 10.5 Å². The molecule has 0 fully saturated rings. The average Bonchev–Trinajstić information content (AvgIpc) is 2.43. The molecule has 1 aromatic carbocycles. The minimum atomic E-state index is -0.614. The molecule has 0 aliphatic carbocycles. The van der Waals surface area contributed by atoms with Crippen LogP contribution in [0, 0.1) is 6.92 Å². The van der Waals surface area contributed by atoms with Crippen LogP contribution in [0.5, 0.6) is 0 Å². The number of hydrogen-bond acceptors (Lipinski definition) is 5. The van der Waals surface area contributed by atoms with Gasteiger partial charge in [0, 0.05) is 5.69 Å². The van der Waals surface area contributed by atoms with E-state index in [0.29, 0.717) is 24.5 Å². The van der Waals surface area contributed by atoms with Crippen LogP contribution in [-0.4, -0.2) is 36.0 Å². The van der Waals surface area contributed by atoms with E-state index >= 15 is 0 Å². The Morgan fingerprint density at radius 2 is 2.19 bits per heavy atom. The van der Waals surface area contributed by atoms with Crippen LogP contribution in [0.25, 0.3) is 0 Å². The summed E-state index contributed by atoms with van der Waals surface area (Å²) in [6.07, 6.45) is 0.501. The standard InChI is InChI=1S/C15H22N2O3S/c1-3-20-15(19)13(16)7-8-21-10-14(18)17-12-6-4-5-11(2)9-12/h4-6,9,13H,3,7-8,10,16H2,1-2H3,(H,17,18). The van der Waals surface area contributed by atoms with Crippen LogP contribution < -0.4 is 11.1 Å². The Bertz CT molecular complexity index is 480. The van der Waals surface area contributed by atoms with Gasteiger partial charge in [-0.05, 0) is 43.7 Å². The highest BCUT2D eigenvalue weighted by atomic mass is 32.2. The molecule has 0 aliphatic heterocycles. The summed E-state index contributed by atoms with van der Waals surface area (Å²) < 4.78 is 4.82. The van der Waals surface area contributed by atoms with Crippen molar-refractivity contribution in [3.63, 3.8) is 0 Å². The number of nitrogens with one attached hydrogen (secondary N) is 1. The maximum Gasteiger partial charge on any atom is 0.322 e. The molecule has 0 bridgehead atoms. The van der Waals surface area contributed by atoms with Crippen molar-refractivity contribution in [3.05, 3.63) is 29.8 Å². The molecule has 1 aromatic rings. The molecule has 21 heavy (non-hydrogen) atoms. The molecule has 1 amide bonds. The van der Waals surface area contributed by atoms with E-state index in [0.717, 1.165) is 11.3 Å². The molecule has 1 rings (SSSR count). The molecular weight excluding hydrogens is 288 g/mol. The maximum atomic E-state index is 11.7. The number of carbonyl (C=O) groups excluding carboxylic acids is 2. The Hall–Kier alpha value is -1.53. The SMILES string of the molecule is CCOC(=O)C(N)CCSCC(=O)Nc1cccc(C)c1. The van der Waals surface area contributed by atoms with E-state index in [-0.39, 0.29) is 11.9 Å². The number of carbonyl (C=O) groups is 2. The number of nitrogens with two attached hydrogens (primary N) is 1. The molecule has 0 aliphatic rings. The maximum absolute atomic E-state index is 11.7. The van der Waals surface area contributed by atoms with Crippen molar-refractivity contribution in [2.45, 2.75) is 26.3 Å². The fourth-order valence-corrected chi connectivity index (χ4v) is 2.48. The van der Waals surface area contributed by atoms with Gasteiger partial charge < -0.3 is 15.8 Å². The van der Waals surface area contributed by atoms with Gasteiger partial charge in [0.25, 0.3) is 0 Å². The third-order valence-corrected chi connectivity index (χ3v) is 3.69. The first-order valence-electron chi connectivity index (χ1n) is 6.89. The molecule has 116 valence electrons. The summed E-state index contributed by atoms with van der Waals surface area (Å²) in [6, 6.07) is 7.03. The summed E-state index contributed by atoms with van der Waals surface area (Å²) in [5.74, 6) is 0.530. The third kappa shape index (κ3) is 7.15. The predicted octanol–water partition coefficient (Wildman–Crippen LogP) is 1.95. The number of hydrogen-bond donors (Lipinski definition) is 2. The number of aryl methyl sites for hydroxylation is 1. The molecular formula is C15H22N2O3S. The second-order valence-electron chi connectivity index (χ2n) is 4.62. The topological polar surface area (TPSA) is 81.4 Å². The Morgan fingerprint density at radius 3 is 2.86 bits per heavy atom. The molecule has 5 nitrogen and oxygen atoms in total. The lowest BCUT2D eigenvalue weighted by molar-refractivity contribution is -0.144. The Kier molecular flexibility index (Phi) is 7.85. The summed E-state index contributed by atoms with van der Waals surface area (Å²) in [5.41, 5.74) is 7.57. The van der Waals surface area contributed by atoms with E-state index in [9.17, 15) is 9.59 Å². The van der Waals surface area contributed by atoms with E-state index in [2.05, 4.69) is 5.32 Å². The smallest absolute Gasteiger partial charge is 0.322 e. The summed E-state index contributed by atoms with van der Waals surface area (Å²) in [7, 11) is 0. The highest BCUT2D eigenvalue weighted by molar-refractivity contribution is 7.99. The second-order valence-corrected chi connectivity index (χ2v) is 5.72. The lowest BCUT2D eigenvalue weighted by Gasteiger charge is -2.10. The Morgan fingerprint density at radius 1 is 1.43 bits per heavy atom. The lowest BCUT2D eigenvalue weighted by Crippen LogP contribution is -2.32.